The molecular formula is C16H25NO. The fourth-order valence-corrected chi connectivity index (χ4v) is 2.97. The van der Waals surface area contributed by atoms with Crippen LogP contribution in [0, 0.1) is 6.92 Å². The molecule has 18 heavy (non-hydrogen) atoms. The zero-order valence-corrected chi connectivity index (χ0v) is 11.6. The highest BCUT2D eigenvalue weighted by Crippen LogP contribution is 2.23. The quantitative estimate of drug-likeness (QED) is 0.882. The normalized spacial score (nSPS) is 22.9. The summed E-state index contributed by atoms with van der Waals surface area (Å²) in [7, 11) is 0. The standard InChI is InChI=1S/C16H25NO/c1-3-15-9-4-5-10-17(15)12-16(18)14-8-6-7-13(2)11-14/h6-8,11,15-16,18H,3-5,9-10,12H2,1-2H3. The summed E-state index contributed by atoms with van der Waals surface area (Å²) in [6.45, 7) is 6.25. The third-order valence-corrected chi connectivity index (χ3v) is 4.05. The first-order valence-corrected chi connectivity index (χ1v) is 7.19. The van der Waals surface area contributed by atoms with Crippen LogP contribution in [0.25, 0.3) is 0 Å². The van der Waals surface area contributed by atoms with E-state index < -0.39 is 0 Å². The summed E-state index contributed by atoms with van der Waals surface area (Å²) in [5.41, 5.74) is 2.27. The maximum absolute atomic E-state index is 10.4. The predicted molar refractivity (Wildman–Crippen MR) is 75.6 cm³/mol. The molecule has 1 fully saturated rings. The molecule has 1 aliphatic rings. The van der Waals surface area contributed by atoms with E-state index in [1.54, 1.807) is 0 Å². The maximum atomic E-state index is 10.4. The van der Waals surface area contributed by atoms with Crippen molar-refractivity contribution in [2.75, 3.05) is 13.1 Å². The highest BCUT2D eigenvalue weighted by molar-refractivity contribution is 5.24. The smallest absolute Gasteiger partial charge is 0.0917 e. The number of likely N-dealkylation sites (tertiary alicyclic amines) is 1. The molecule has 1 heterocycles. The van der Waals surface area contributed by atoms with Crippen molar-refractivity contribution in [3.05, 3.63) is 35.4 Å². The lowest BCUT2D eigenvalue weighted by Crippen LogP contribution is -2.41. The molecule has 0 bridgehead atoms. The Labute approximate surface area is 111 Å². The summed E-state index contributed by atoms with van der Waals surface area (Å²) >= 11 is 0. The number of aryl methyl sites for hydroxylation is 1. The molecule has 2 nitrogen and oxygen atoms in total. The van der Waals surface area contributed by atoms with E-state index in [0.717, 1.165) is 18.7 Å². The van der Waals surface area contributed by atoms with Crippen LogP contribution in [0.5, 0.6) is 0 Å². The van der Waals surface area contributed by atoms with Crippen molar-refractivity contribution in [1.82, 2.24) is 4.90 Å². The van der Waals surface area contributed by atoms with Gasteiger partial charge in [-0.25, -0.2) is 0 Å². The van der Waals surface area contributed by atoms with Gasteiger partial charge < -0.3 is 5.11 Å². The molecule has 0 aliphatic carbocycles. The SMILES string of the molecule is CCC1CCCCN1CC(O)c1cccc(C)c1. The molecule has 0 aromatic heterocycles. The Morgan fingerprint density at radius 1 is 1.39 bits per heavy atom. The number of aliphatic hydroxyl groups is 1. The second-order valence-electron chi connectivity index (χ2n) is 5.48. The minimum absolute atomic E-state index is 0.350. The Morgan fingerprint density at radius 2 is 2.22 bits per heavy atom. The third kappa shape index (κ3) is 3.33. The first kappa shape index (κ1) is 13.6. The van der Waals surface area contributed by atoms with Crippen molar-refractivity contribution in [2.24, 2.45) is 0 Å². The van der Waals surface area contributed by atoms with Crippen LogP contribution in [-0.2, 0) is 0 Å². The number of nitrogens with zero attached hydrogens (tertiary/aromatic N) is 1. The van der Waals surface area contributed by atoms with E-state index in [0.29, 0.717) is 6.04 Å². The molecule has 0 spiro atoms. The van der Waals surface area contributed by atoms with Crippen LogP contribution in [-0.4, -0.2) is 29.1 Å². The number of hydrogen-bond donors (Lipinski definition) is 1. The summed E-state index contributed by atoms with van der Waals surface area (Å²) in [5, 5.41) is 10.4. The van der Waals surface area contributed by atoms with Crippen LogP contribution in [0.3, 0.4) is 0 Å². The minimum Gasteiger partial charge on any atom is -0.387 e. The lowest BCUT2D eigenvalue weighted by Gasteiger charge is -2.36. The van der Waals surface area contributed by atoms with Crippen LogP contribution in [0.15, 0.2) is 24.3 Å². The number of rotatable bonds is 4. The number of aliphatic hydroxyl groups excluding tert-OH is 1. The Kier molecular flexibility index (Phi) is 4.79. The molecule has 2 atom stereocenters. The summed E-state index contributed by atoms with van der Waals surface area (Å²) in [6, 6.07) is 8.89. The Balaban J connectivity index is 1.99. The van der Waals surface area contributed by atoms with Gasteiger partial charge >= 0.3 is 0 Å². The zero-order chi connectivity index (χ0) is 13.0. The number of piperidine rings is 1. The molecule has 1 aromatic carbocycles. The van der Waals surface area contributed by atoms with Crippen LogP contribution < -0.4 is 0 Å². The van der Waals surface area contributed by atoms with Crippen molar-refractivity contribution >= 4 is 0 Å². The van der Waals surface area contributed by atoms with E-state index >= 15 is 0 Å². The van der Waals surface area contributed by atoms with E-state index in [2.05, 4.69) is 30.9 Å². The summed E-state index contributed by atoms with van der Waals surface area (Å²) in [4.78, 5) is 2.47. The second-order valence-corrected chi connectivity index (χ2v) is 5.48. The highest BCUT2D eigenvalue weighted by Gasteiger charge is 2.23. The highest BCUT2D eigenvalue weighted by atomic mass is 16.3. The first-order valence-electron chi connectivity index (χ1n) is 7.19. The number of hydrogen-bond acceptors (Lipinski definition) is 2. The maximum Gasteiger partial charge on any atom is 0.0917 e. The molecule has 2 unspecified atom stereocenters. The lowest BCUT2D eigenvalue weighted by atomic mass is 9.98. The zero-order valence-electron chi connectivity index (χ0n) is 11.6. The van der Waals surface area contributed by atoms with Gasteiger partial charge in [-0.15, -0.1) is 0 Å². The topological polar surface area (TPSA) is 23.5 Å². The molecule has 2 rings (SSSR count). The predicted octanol–water partition coefficient (Wildman–Crippen LogP) is 3.29. The Bertz CT molecular complexity index is 377. The van der Waals surface area contributed by atoms with Crippen LogP contribution in [0.2, 0.25) is 0 Å². The fourth-order valence-electron chi connectivity index (χ4n) is 2.97. The van der Waals surface area contributed by atoms with E-state index in [4.69, 9.17) is 0 Å². The van der Waals surface area contributed by atoms with Crippen molar-refractivity contribution < 1.29 is 5.11 Å². The molecule has 1 saturated heterocycles. The van der Waals surface area contributed by atoms with Gasteiger partial charge in [0.05, 0.1) is 6.10 Å². The fraction of sp³-hybridized carbons (Fsp3) is 0.625. The average molecular weight is 247 g/mol. The van der Waals surface area contributed by atoms with Gasteiger partial charge in [0.15, 0.2) is 0 Å². The molecule has 0 saturated carbocycles. The number of β-amino-alcohol motifs (C(OH)–C–C–N with tert-alkyl or cyclic N) is 1. The van der Waals surface area contributed by atoms with E-state index in [9.17, 15) is 5.11 Å². The molecule has 1 aromatic rings. The van der Waals surface area contributed by atoms with E-state index in [-0.39, 0.29) is 6.10 Å². The molecule has 1 aliphatic heterocycles. The molecule has 0 radical (unpaired) electrons. The van der Waals surface area contributed by atoms with Crippen molar-refractivity contribution in [3.8, 4) is 0 Å². The lowest BCUT2D eigenvalue weighted by molar-refractivity contribution is 0.0656. The Hall–Kier alpha value is -0.860. The van der Waals surface area contributed by atoms with Crippen LogP contribution in [0.4, 0.5) is 0 Å². The van der Waals surface area contributed by atoms with E-state index in [1.165, 1.54) is 31.2 Å². The van der Waals surface area contributed by atoms with Crippen molar-refractivity contribution in [3.63, 3.8) is 0 Å². The van der Waals surface area contributed by atoms with Crippen molar-refractivity contribution in [1.29, 1.82) is 0 Å². The summed E-state index contributed by atoms with van der Waals surface area (Å²) in [6.07, 6.45) is 4.75. The van der Waals surface area contributed by atoms with Crippen LogP contribution >= 0.6 is 0 Å². The van der Waals surface area contributed by atoms with Crippen molar-refractivity contribution in [2.45, 2.75) is 51.7 Å². The van der Waals surface area contributed by atoms with Gasteiger partial charge in [0, 0.05) is 12.6 Å². The molecular weight excluding hydrogens is 222 g/mol. The van der Waals surface area contributed by atoms with Gasteiger partial charge in [0.2, 0.25) is 0 Å². The largest absolute Gasteiger partial charge is 0.387 e. The van der Waals surface area contributed by atoms with Gasteiger partial charge in [0.25, 0.3) is 0 Å². The van der Waals surface area contributed by atoms with Gasteiger partial charge in [-0.05, 0) is 38.3 Å². The second kappa shape index (κ2) is 6.35. The number of benzene rings is 1. The van der Waals surface area contributed by atoms with Gasteiger partial charge in [-0.2, -0.15) is 0 Å². The average Bonchev–Trinajstić information content (AvgIpc) is 2.39. The van der Waals surface area contributed by atoms with Gasteiger partial charge in [0.1, 0.15) is 0 Å². The third-order valence-electron chi connectivity index (χ3n) is 4.05. The van der Waals surface area contributed by atoms with E-state index in [1.807, 2.05) is 12.1 Å². The molecule has 100 valence electrons. The summed E-state index contributed by atoms with van der Waals surface area (Å²) < 4.78 is 0. The molecule has 0 amide bonds. The monoisotopic (exact) mass is 247 g/mol. The summed E-state index contributed by atoms with van der Waals surface area (Å²) in [5.74, 6) is 0. The molecule has 1 N–H and O–H groups in total. The Morgan fingerprint density at radius 3 is 2.94 bits per heavy atom. The molecule has 2 heteroatoms. The van der Waals surface area contributed by atoms with Gasteiger partial charge in [-0.1, -0.05) is 43.2 Å². The van der Waals surface area contributed by atoms with Crippen LogP contribution in [0.1, 0.15) is 49.8 Å². The van der Waals surface area contributed by atoms with Gasteiger partial charge in [-0.3, -0.25) is 4.90 Å². The first-order chi connectivity index (χ1) is 8.70. The minimum atomic E-state index is -0.350.